The van der Waals surface area contributed by atoms with Gasteiger partial charge in [0.05, 0.1) is 17.4 Å². The summed E-state index contributed by atoms with van der Waals surface area (Å²) in [5.41, 5.74) is 8.42. The Balaban J connectivity index is 1.85. The maximum atomic E-state index is 6.57. The molecule has 0 unspecified atom stereocenters. The minimum atomic E-state index is -0.211. The van der Waals surface area contributed by atoms with Crippen LogP contribution in [0.15, 0.2) is 17.8 Å². The van der Waals surface area contributed by atoms with E-state index in [1.807, 2.05) is 19.4 Å². The van der Waals surface area contributed by atoms with Gasteiger partial charge in [-0.1, -0.05) is 6.92 Å². The van der Waals surface area contributed by atoms with Gasteiger partial charge in [0.25, 0.3) is 0 Å². The van der Waals surface area contributed by atoms with Crippen LogP contribution in [0.4, 0.5) is 0 Å². The molecule has 0 aromatic carbocycles. The molecule has 4 nitrogen and oxygen atoms in total. The summed E-state index contributed by atoms with van der Waals surface area (Å²) in [5.74, 6) is 0.800. The molecule has 2 aromatic heterocycles. The summed E-state index contributed by atoms with van der Waals surface area (Å²) in [4.78, 5) is 4.75. The van der Waals surface area contributed by atoms with Crippen molar-refractivity contribution in [1.82, 2.24) is 14.8 Å². The standard InChI is InChI=1S/C14H20N4S/c1-10-3-5-14(15,6-4-10)13-17-12(9-19-13)11-7-16-18(2)8-11/h7-10H,3-6,15H2,1-2H3. The fraction of sp³-hybridized carbons (Fsp3) is 0.571. The second-order valence-electron chi connectivity index (χ2n) is 5.78. The maximum absolute atomic E-state index is 6.57. The molecular weight excluding hydrogens is 256 g/mol. The van der Waals surface area contributed by atoms with E-state index in [0.29, 0.717) is 0 Å². The second-order valence-corrected chi connectivity index (χ2v) is 6.64. The van der Waals surface area contributed by atoms with Gasteiger partial charge in [0.1, 0.15) is 5.01 Å². The van der Waals surface area contributed by atoms with Crippen LogP contribution in [0.3, 0.4) is 0 Å². The lowest BCUT2D eigenvalue weighted by atomic mass is 9.78. The summed E-state index contributed by atoms with van der Waals surface area (Å²) >= 11 is 1.69. The number of nitrogens with zero attached hydrogens (tertiary/aromatic N) is 3. The lowest BCUT2D eigenvalue weighted by molar-refractivity contribution is 0.247. The zero-order valence-corrected chi connectivity index (χ0v) is 12.3. The molecule has 19 heavy (non-hydrogen) atoms. The molecule has 0 bridgehead atoms. The second kappa shape index (κ2) is 4.72. The molecule has 1 saturated carbocycles. The van der Waals surface area contributed by atoms with Crippen molar-refractivity contribution in [2.75, 3.05) is 0 Å². The Morgan fingerprint density at radius 1 is 1.42 bits per heavy atom. The van der Waals surface area contributed by atoms with E-state index in [9.17, 15) is 0 Å². The minimum absolute atomic E-state index is 0.211. The number of hydrogen-bond acceptors (Lipinski definition) is 4. The first-order valence-corrected chi connectivity index (χ1v) is 7.69. The van der Waals surface area contributed by atoms with Gasteiger partial charge in [-0.25, -0.2) is 4.98 Å². The lowest BCUT2D eigenvalue weighted by Gasteiger charge is -2.34. The normalized spacial score (nSPS) is 27.6. The summed E-state index contributed by atoms with van der Waals surface area (Å²) in [5, 5.41) is 7.37. The number of aryl methyl sites for hydroxylation is 1. The molecule has 5 heteroatoms. The van der Waals surface area contributed by atoms with E-state index in [4.69, 9.17) is 10.7 Å². The van der Waals surface area contributed by atoms with Gasteiger partial charge in [-0.15, -0.1) is 11.3 Å². The van der Waals surface area contributed by atoms with Crippen LogP contribution in [0.25, 0.3) is 11.3 Å². The van der Waals surface area contributed by atoms with E-state index in [1.54, 1.807) is 16.0 Å². The summed E-state index contributed by atoms with van der Waals surface area (Å²) in [6, 6.07) is 0. The van der Waals surface area contributed by atoms with Crippen molar-refractivity contribution in [3.63, 3.8) is 0 Å². The smallest absolute Gasteiger partial charge is 0.113 e. The van der Waals surface area contributed by atoms with Crippen LogP contribution >= 0.6 is 11.3 Å². The van der Waals surface area contributed by atoms with E-state index >= 15 is 0 Å². The lowest BCUT2D eigenvalue weighted by Crippen LogP contribution is -2.40. The maximum Gasteiger partial charge on any atom is 0.113 e. The van der Waals surface area contributed by atoms with Crippen molar-refractivity contribution in [3.05, 3.63) is 22.8 Å². The monoisotopic (exact) mass is 276 g/mol. The van der Waals surface area contributed by atoms with Crippen molar-refractivity contribution in [2.45, 2.75) is 38.1 Å². The number of rotatable bonds is 2. The van der Waals surface area contributed by atoms with E-state index in [0.717, 1.165) is 35.0 Å². The summed E-state index contributed by atoms with van der Waals surface area (Å²) in [7, 11) is 1.92. The van der Waals surface area contributed by atoms with Crippen LogP contribution in [0, 0.1) is 5.92 Å². The zero-order chi connectivity index (χ0) is 13.5. The van der Waals surface area contributed by atoms with Crippen LogP contribution in [-0.4, -0.2) is 14.8 Å². The molecule has 0 atom stereocenters. The third-order valence-corrected chi connectivity index (χ3v) is 5.16. The Hall–Kier alpha value is -1.20. The highest BCUT2D eigenvalue weighted by Crippen LogP contribution is 2.39. The van der Waals surface area contributed by atoms with Gasteiger partial charge in [-0.2, -0.15) is 5.10 Å². The van der Waals surface area contributed by atoms with E-state index in [-0.39, 0.29) is 5.54 Å². The third kappa shape index (κ3) is 2.44. The molecule has 3 rings (SSSR count). The predicted molar refractivity (Wildman–Crippen MR) is 77.8 cm³/mol. The van der Waals surface area contributed by atoms with E-state index in [1.165, 1.54) is 12.8 Å². The van der Waals surface area contributed by atoms with Crippen LogP contribution in [0.2, 0.25) is 0 Å². The molecule has 2 N–H and O–H groups in total. The van der Waals surface area contributed by atoms with Crippen molar-refractivity contribution in [3.8, 4) is 11.3 Å². The SMILES string of the molecule is CC1CCC(N)(c2nc(-c3cnn(C)c3)cs2)CC1. The predicted octanol–water partition coefficient (Wildman–Crippen LogP) is 2.91. The molecular formula is C14H20N4S. The number of thiazole rings is 1. The van der Waals surface area contributed by atoms with E-state index in [2.05, 4.69) is 17.4 Å². The van der Waals surface area contributed by atoms with Gasteiger partial charge >= 0.3 is 0 Å². The molecule has 0 saturated heterocycles. The van der Waals surface area contributed by atoms with Crippen LogP contribution in [-0.2, 0) is 12.6 Å². The molecule has 2 aromatic rings. The summed E-state index contributed by atoms with van der Waals surface area (Å²) in [6.45, 7) is 2.31. The first kappa shape index (κ1) is 12.8. The Labute approximate surface area is 117 Å². The quantitative estimate of drug-likeness (QED) is 0.917. The van der Waals surface area contributed by atoms with Gasteiger partial charge in [0.2, 0.25) is 0 Å². The third-order valence-electron chi connectivity index (χ3n) is 4.10. The van der Waals surface area contributed by atoms with Crippen molar-refractivity contribution in [2.24, 2.45) is 18.7 Å². The molecule has 1 aliphatic rings. The van der Waals surface area contributed by atoms with Crippen molar-refractivity contribution >= 4 is 11.3 Å². The van der Waals surface area contributed by atoms with Crippen LogP contribution in [0.5, 0.6) is 0 Å². The minimum Gasteiger partial charge on any atom is -0.319 e. The number of nitrogens with two attached hydrogens (primary N) is 1. The average Bonchev–Trinajstić information content (AvgIpc) is 3.02. The molecule has 1 fully saturated rings. The topological polar surface area (TPSA) is 56.7 Å². The Bertz CT molecular complexity index is 564. The molecule has 0 aliphatic heterocycles. The van der Waals surface area contributed by atoms with Crippen LogP contribution < -0.4 is 5.73 Å². The fourth-order valence-electron chi connectivity index (χ4n) is 2.68. The Kier molecular flexibility index (Phi) is 3.19. The van der Waals surface area contributed by atoms with Gasteiger partial charge in [-0.05, 0) is 31.6 Å². The molecule has 0 spiro atoms. The van der Waals surface area contributed by atoms with Gasteiger partial charge in [0, 0.05) is 24.2 Å². The largest absolute Gasteiger partial charge is 0.319 e. The number of hydrogen-bond donors (Lipinski definition) is 1. The highest BCUT2D eigenvalue weighted by molar-refractivity contribution is 7.10. The summed E-state index contributed by atoms with van der Waals surface area (Å²) < 4.78 is 1.80. The Morgan fingerprint density at radius 3 is 2.79 bits per heavy atom. The molecule has 2 heterocycles. The van der Waals surface area contributed by atoms with Crippen LogP contribution in [0.1, 0.15) is 37.6 Å². The average molecular weight is 276 g/mol. The molecule has 0 amide bonds. The Morgan fingerprint density at radius 2 is 2.16 bits per heavy atom. The fourth-order valence-corrected chi connectivity index (χ4v) is 3.68. The van der Waals surface area contributed by atoms with Gasteiger partial charge in [0.15, 0.2) is 0 Å². The highest BCUT2D eigenvalue weighted by atomic mass is 32.1. The molecule has 0 radical (unpaired) electrons. The zero-order valence-electron chi connectivity index (χ0n) is 11.5. The van der Waals surface area contributed by atoms with E-state index < -0.39 is 0 Å². The van der Waals surface area contributed by atoms with Crippen molar-refractivity contribution in [1.29, 1.82) is 0 Å². The first-order chi connectivity index (χ1) is 9.07. The van der Waals surface area contributed by atoms with Crippen molar-refractivity contribution < 1.29 is 0 Å². The molecule has 1 aliphatic carbocycles. The number of aromatic nitrogens is 3. The molecule has 102 valence electrons. The first-order valence-electron chi connectivity index (χ1n) is 6.81. The van der Waals surface area contributed by atoms with Gasteiger partial charge in [-0.3, -0.25) is 4.68 Å². The summed E-state index contributed by atoms with van der Waals surface area (Å²) in [6.07, 6.45) is 8.36. The van der Waals surface area contributed by atoms with Gasteiger partial charge < -0.3 is 5.73 Å². The highest BCUT2D eigenvalue weighted by Gasteiger charge is 2.34.